The highest BCUT2D eigenvalue weighted by atomic mass is 15.3. The number of nitriles is 1. The van der Waals surface area contributed by atoms with Gasteiger partial charge in [-0.15, -0.1) is 0 Å². The van der Waals surface area contributed by atoms with Crippen molar-refractivity contribution in [2.24, 2.45) is 0 Å². The lowest BCUT2D eigenvalue weighted by molar-refractivity contribution is 0.250. The van der Waals surface area contributed by atoms with Gasteiger partial charge in [0.05, 0.1) is 12.5 Å². The molecule has 1 aliphatic rings. The summed E-state index contributed by atoms with van der Waals surface area (Å²) in [5.41, 5.74) is 5.07. The van der Waals surface area contributed by atoms with Gasteiger partial charge in [-0.05, 0) is 35.7 Å². The molecule has 1 saturated heterocycles. The van der Waals surface area contributed by atoms with Crippen molar-refractivity contribution >= 4 is 5.69 Å². The first kappa shape index (κ1) is 15.6. The maximum Gasteiger partial charge on any atom is 0.0669 e. The Kier molecular flexibility index (Phi) is 4.95. The van der Waals surface area contributed by atoms with Gasteiger partial charge < -0.3 is 4.90 Å². The minimum Gasteiger partial charge on any atom is -0.369 e. The van der Waals surface area contributed by atoms with E-state index in [-0.39, 0.29) is 0 Å². The van der Waals surface area contributed by atoms with Gasteiger partial charge in [0.25, 0.3) is 0 Å². The zero-order valence-electron chi connectivity index (χ0n) is 13.7. The first-order valence-electron chi connectivity index (χ1n) is 8.23. The smallest absolute Gasteiger partial charge is 0.0669 e. The molecule has 0 aromatic heterocycles. The van der Waals surface area contributed by atoms with Crippen LogP contribution in [-0.4, -0.2) is 31.1 Å². The van der Waals surface area contributed by atoms with E-state index < -0.39 is 0 Å². The SMILES string of the molecule is Cc1cccc(N2CCN(Cc3cccc(CC#N)c3)CC2)c1. The lowest BCUT2D eigenvalue weighted by atomic mass is 10.1. The van der Waals surface area contributed by atoms with Gasteiger partial charge >= 0.3 is 0 Å². The van der Waals surface area contributed by atoms with E-state index >= 15 is 0 Å². The van der Waals surface area contributed by atoms with Crippen LogP contribution in [-0.2, 0) is 13.0 Å². The van der Waals surface area contributed by atoms with E-state index in [1.54, 1.807) is 0 Å². The third-order valence-electron chi connectivity index (χ3n) is 4.42. The predicted octanol–water partition coefficient (Wildman–Crippen LogP) is 3.38. The minimum atomic E-state index is 0.495. The lowest BCUT2D eigenvalue weighted by Crippen LogP contribution is -2.46. The topological polar surface area (TPSA) is 30.3 Å². The molecule has 1 heterocycles. The van der Waals surface area contributed by atoms with E-state index in [0.717, 1.165) is 38.3 Å². The van der Waals surface area contributed by atoms with Crippen molar-refractivity contribution < 1.29 is 0 Å². The average Bonchev–Trinajstić information content (AvgIpc) is 2.56. The molecule has 0 radical (unpaired) electrons. The predicted molar refractivity (Wildman–Crippen MR) is 94.4 cm³/mol. The summed E-state index contributed by atoms with van der Waals surface area (Å²) >= 11 is 0. The van der Waals surface area contributed by atoms with Crippen LogP contribution in [0.5, 0.6) is 0 Å². The maximum absolute atomic E-state index is 8.82. The fraction of sp³-hybridized carbons (Fsp3) is 0.350. The highest BCUT2D eigenvalue weighted by Crippen LogP contribution is 2.19. The number of hydrogen-bond donors (Lipinski definition) is 0. The number of anilines is 1. The average molecular weight is 305 g/mol. The molecular weight excluding hydrogens is 282 g/mol. The maximum atomic E-state index is 8.82. The van der Waals surface area contributed by atoms with Crippen LogP contribution in [0.15, 0.2) is 48.5 Å². The van der Waals surface area contributed by atoms with E-state index in [1.807, 2.05) is 6.07 Å². The zero-order valence-corrected chi connectivity index (χ0v) is 13.7. The Labute approximate surface area is 138 Å². The Morgan fingerprint density at radius 2 is 1.70 bits per heavy atom. The Bertz CT molecular complexity index is 694. The van der Waals surface area contributed by atoms with Crippen molar-refractivity contribution in [3.63, 3.8) is 0 Å². The first-order valence-corrected chi connectivity index (χ1v) is 8.23. The van der Waals surface area contributed by atoms with Gasteiger partial charge in [-0.2, -0.15) is 5.26 Å². The molecule has 23 heavy (non-hydrogen) atoms. The molecular formula is C20H23N3. The minimum absolute atomic E-state index is 0.495. The highest BCUT2D eigenvalue weighted by molar-refractivity contribution is 5.48. The molecule has 3 heteroatoms. The summed E-state index contributed by atoms with van der Waals surface area (Å²) < 4.78 is 0. The number of nitrogens with zero attached hydrogens (tertiary/aromatic N) is 3. The lowest BCUT2D eigenvalue weighted by Gasteiger charge is -2.36. The summed E-state index contributed by atoms with van der Waals surface area (Å²) in [6.07, 6.45) is 0.495. The molecule has 0 saturated carbocycles. The molecule has 0 amide bonds. The molecule has 0 N–H and O–H groups in total. The Hall–Kier alpha value is -2.31. The van der Waals surface area contributed by atoms with Crippen LogP contribution >= 0.6 is 0 Å². The van der Waals surface area contributed by atoms with Crippen molar-refractivity contribution in [1.29, 1.82) is 5.26 Å². The molecule has 118 valence electrons. The number of piperazine rings is 1. The van der Waals surface area contributed by atoms with Crippen molar-refractivity contribution in [2.45, 2.75) is 19.9 Å². The molecule has 1 fully saturated rings. The summed E-state index contributed by atoms with van der Waals surface area (Å²) in [6.45, 7) is 7.42. The monoisotopic (exact) mass is 305 g/mol. The number of hydrogen-bond acceptors (Lipinski definition) is 3. The van der Waals surface area contributed by atoms with Gasteiger partial charge in [-0.25, -0.2) is 0 Å². The van der Waals surface area contributed by atoms with Crippen molar-refractivity contribution in [3.8, 4) is 6.07 Å². The van der Waals surface area contributed by atoms with Crippen molar-refractivity contribution in [1.82, 2.24) is 4.90 Å². The van der Waals surface area contributed by atoms with E-state index in [0.29, 0.717) is 6.42 Å². The van der Waals surface area contributed by atoms with Gasteiger partial charge in [-0.3, -0.25) is 4.90 Å². The molecule has 0 bridgehead atoms. The summed E-state index contributed by atoms with van der Waals surface area (Å²) in [5, 5.41) is 8.82. The zero-order chi connectivity index (χ0) is 16.1. The van der Waals surface area contributed by atoms with Gasteiger partial charge in [0, 0.05) is 38.4 Å². The molecule has 0 spiro atoms. The molecule has 2 aromatic carbocycles. The molecule has 0 unspecified atom stereocenters. The fourth-order valence-electron chi connectivity index (χ4n) is 3.18. The largest absolute Gasteiger partial charge is 0.369 e. The van der Waals surface area contributed by atoms with Crippen LogP contribution in [0.2, 0.25) is 0 Å². The molecule has 3 rings (SSSR count). The first-order chi connectivity index (χ1) is 11.2. The number of rotatable bonds is 4. The summed E-state index contributed by atoms with van der Waals surface area (Å²) in [7, 11) is 0. The van der Waals surface area contributed by atoms with E-state index in [9.17, 15) is 0 Å². The van der Waals surface area contributed by atoms with Gasteiger partial charge in [0.2, 0.25) is 0 Å². The van der Waals surface area contributed by atoms with E-state index in [4.69, 9.17) is 5.26 Å². The van der Waals surface area contributed by atoms with Crippen molar-refractivity contribution in [2.75, 3.05) is 31.1 Å². The standard InChI is InChI=1S/C20H23N3/c1-17-4-2-7-20(14-17)23-12-10-22(11-13-23)16-19-6-3-5-18(15-19)8-9-21/h2-7,14-15H,8,10-13,16H2,1H3. The molecule has 1 aliphatic heterocycles. The van der Waals surface area contributed by atoms with Gasteiger partial charge in [0.15, 0.2) is 0 Å². The van der Waals surface area contributed by atoms with E-state index in [2.05, 4.69) is 65.3 Å². The highest BCUT2D eigenvalue weighted by Gasteiger charge is 2.17. The fourth-order valence-corrected chi connectivity index (χ4v) is 3.18. The van der Waals surface area contributed by atoms with Crippen LogP contribution < -0.4 is 4.90 Å². The second-order valence-corrected chi connectivity index (χ2v) is 6.26. The van der Waals surface area contributed by atoms with Crippen LogP contribution in [0, 0.1) is 18.3 Å². The van der Waals surface area contributed by atoms with Crippen LogP contribution in [0.1, 0.15) is 16.7 Å². The summed E-state index contributed by atoms with van der Waals surface area (Å²) in [5.74, 6) is 0. The van der Waals surface area contributed by atoms with Gasteiger partial charge in [-0.1, -0.05) is 36.4 Å². The van der Waals surface area contributed by atoms with E-state index in [1.165, 1.54) is 16.8 Å². The molecule has 0 atom stereocenters. The second-order valence-electron chi connectivity index (χ2n) is 6.26. The third kappa shape index (κ3) is 4.12. The van der Waals surface area contributed by atoms with Crippen LogP contribution in [0.4, 0.5) is 5.69 Å². The molecule has 0 aliphatic carbocycles. The summed E-state index contributed by atoms with van der Waals surface area (Å²) in [4.78, 5) is 4.97. The number of benzene rings is 2. The molecule has 3 nitrogen and oxygen atoms in total. The Morgan fingerprint density at radius 3 is 2.43 bits per heavy atom. The quantitative estimate of drug-likeness (QED) is 0.867. The normalized spacial score (nSPS) is 15.4. The summed E-state index contributed by atoms with van der Waals surface area (Å²) in [6, 6.07) is 19.4. The van der Waals surface area contributed by atoms with Crippen molar-refractivity contribution in [3.05, 3.63) is 65.2 Å². The van der Waals surface area contributed by atoms with Gasteiger partial charge in [0.1, 0.15) is 0 Å². The third-order valence-corrected chi connectivity index (χ3v) is 4.42. The second kappa shape index (κ2) is 7.30. The number of aryl methyl sites for hydroxylation is 1. The Balaban J connectivity index is 1.57. The van der Waals surface area contributed by atoms with Crippen LogP contribution in [0.3, 0.4) is 0 Å². The molecule has 2 aromatic rings. The Morgan fingerprint density at radius 1 is 0.957 bits per heavy atom. The van der Waals surface area contributed by atoms with Crippen LogP contribution in [0.25, 0.3) is 0 Å².